The van der Waals surface area contributed by atoms with E-state index in [4.69, 9.17) is 9.88 Å². The largest absolute Gasteiger partial charge is 0.378 e. The van der Waals surface area contributed by atoms with Crippen LogP contribution < -0.4 is 10.5 Å². The fourth-order valence-electron chi connectivity index (χ4n) is 1.96. The molecule has 0 aliphatic carbocycles. The van der Waals surface area contributed by atoms with E-state index in [0.29, 0.717) is 31.9 Å². The molecule has 0 aromatic heterocycles. The minimum Gasteiger partial charge on any atom is -0.378 e. The number of nitrogens with one attached hydrogen (secondary N) is 1. The molecule has 120 valence electrons. The molecule has 22 heavy (non-hydrogen) atoms. The van der Waals surface area contributed by atoms with Gasteiger partial charge in [0.2, 0.25) is 10.0 Å². The standard InChI is InChI=1S/C13H17N3O5S/c14-22(19,20)11-3-1-10(2-4-11)9-15-12(17)13(18)16-5-7-21-8-6-16/h1-4H,5-9H2,(H,15,17)(H2,14,19,20). The highest BCUT2D eigenvalue weighted by atomic mass is 32.2. The summed E-state index contributed by atoms with van der Waals surface area (Å²) in [6.07, 6.45) is 0. The molecule has 1 fully saturated rings. The molecule has 9 heteroatoms. The number of nitrogens with two attached hydrogens (primary N) is 1. The highest BCUT2D eigenvalue weighted by Crippen LogP contribution is 2.08. The average molecular weight is 327 g/mol. The third-order valence-corrected chi connectivity index (χ3v) is 4.13. The van der Waals surface area contributed by atoms with E-state index >= 15 is 0 Å². The molecule has 0 atom stereocenters. The van der Waals surface area contributed by atoms with Crippen molar-refractivity contribution in [3.8, 4) is 0 Å². The van der Waals surface area contributed by atoms with Crippen molar-refractivity contribution in [2.75, 3.05) is 26.3 Å². The molecule has 1 aromatic rings. The van der Waals surface area contributed by atoms with Gasteiger partial charge in [-0.3, -0.25) is 9.59 Å². The Morgan fingerprint density at radius 1 is 1.18 bits per heavy atom. The van der Waals surface area contributed by atoms with Crippen LogP contribution in [-0.4, -0.2) is 51.4 Å². The monoisotopic (exact) mass is 327 g/mol. The van der Waals surface area contributed by atoms with Crippen LogP contribution in [0.4, 0.5) is 0 Å². The molecule has 0 radical (unpaired) electrons. The topological polar surface area (TPSA) is 119 Å². The normalized spacial score (nSPS) is 15.4. The summed E-state index contributed by atoms with van der Waals surface area (Å²) in [5.74, 6) is -1.29. The van der Waals surface area contributed by atoms with Crippen LogP contribution in [0.5, 0.6) is 0 Å². The Hall–Kier alpha value is -1.97. The SMILES string of the molecule is NS(=O)(=O)c1ccc(CNC(=O)C(=O)N2CCOCC2)cc1. The molecule has 0 saturated carbocycles. The van der Waals surface area contributed by atoms with Gasteiger partial charge in [-0.15, -0.1) is 0 Å². The van der Waals surface area contributed by atoms with Crippen molar-refractivity contribution < 1.29 is 22.7 Å². The molecule has 8 nitrogen and oxygen atoms in total. The molecule has 1 aromatic carbocycles. The highest BCUT2D eigenvalue weighted by molar-refractivity contribution is 7.89. The zero-order chi connectivity index (χ0) is 16.2. The quantitative estimate of drug-likeness (QED) is 0.677. The van der Waals surface area contributed by atoms with Gasteiger partial charge in [-0.2, -0.15) is 0 Å². The maximum atomic E-state index is 11.9. The average Bonchev–Trinajstić information content (AvgIpc) is 2.52. The van der Waals surface area contributed by atoms with Crippen molar-refractivity contribution in [2.45, 2.75) is 11.4 Å². The summed E-state index contributed by atoms with van der Waals surface area (Å²) in [6, 6.07) is 5.75. The van der Waals surface area contributed by atoms with E-state index in [1.807, 2.05) is 0 Å². The number of hydrogen-bond donors (Lipinski definition) is 2. The number of sulfonamides is 1. The number of morpholine rings is 1. The van der Waals surface area contributed by atoms with E-state index in [1.165, 1.54) is 29.2 Å². The predicted octanol–water partition coefficient (Wildman–Crippen LogP) is -1.19. The van der Waals surface area contributed by atoms with Gasteiger partial charge in [0, 0.05) is 19.6 Å². The molecule has 0 bridgehead atoms. The number of amides is 2. The Balaban J connectivity index is 1.89. The summed E-state index contributed by atoms with van der Waals surface area (Å²) >= 11 is 0. The molecular weight excluding hydrogens is 310 g/mol. The Bertz CT molecular complexity index is 651. The molecular formula is C13H17N3O5S. The van der Waals surface area contributed by atoms with Crippen molar-refractivity contribution >= 4 is 21.8 Å². The van der Waals surface area contributed by atoms with E-state index < -0.39 is 21.8 Å². The van der Waals surface area contributed by atoms with Crippen molar-refractivity contribution in [2.24, 2.45) is 5.14 Å². The number of rotatable bonds is 3. The first-order valence-corrected chi connectivity index (χ1v) is 8.19. The Morgan fingerprint density at radius 3 is 2.32 bits per heavy atom. The fourth-order valence-corrected chi connectivity index (χ4v) is 2.48. The van der Waals surface area contributed by atoms with Crippen LogP contribution in [0, 0.1) is 0 Å². The number of carbonyl (C=O) groups excluding carboxylic acids is 2. The van der Waals surface area contributed by atoms with Gasteiger partial charge in [0.1, 0.15) is 0 Å². The van der Waals surface area contributed by atoms with Crippen molar-refractivity contribution in [1.29, 1.82) is 0 Å². The van der Waals surface area contributed by atoms with Crippen LogP contribution in [0.25, 0.3) is 0 Å². The van der Waals surface area contributed by atoms with Gasteiger partial charge in [-0.1, -0.05) is 12.1 Å². The molecule has 1 aliphatic heterocycles. The third kappa shape index (κ3) is 4.26. The van der Waals surface area contributed by atoms with Crippen LogP contribution >= 0.6 is 0 Å². The lowest BCUT2D eigenvalue weighted by Crippen LogP contribution is -2.47. The number of primary sulfonamides is 1. The lowest BCUT2D eigenvalue weighted by atomic mass is 10.2. The van der Waals surface area contributed by atoms with Gasteiger partial charge in [-0.25, -0.2) is 13.6 Å². The first-order chi connectivity index (χ1) is 10.4. The first kappa shape index (κ1) is 16.4. The fraction of sp³-hybridized carbons (Fsp3) is 0.385. The molecule has 2 rings (SSSR count). The van der Waals surface area contributed by atoms with E-state index in [1.54, 1.807) is 0 Å². The smallest absolute Gasteiger partial charge is 0.312 e. The predicted molar refractivity (Wildman–Crippen MR) is 77.1 cm³/mol. The molecule has 3 N–H and O–H groups in total. The van der Waals surface area contributed by atoms with Gasteiger partial charge < -0.3 is 15.0 Å². The molecule has 0 spiro atoms. The maximum Gasteiger partial charge on any atom is 0.312 e. The maximum absolute atomic E-state index is 11.9. The zero-order valence-corrected chi connectivity index (χ0v) is 12.6. The van der Waals surface area contributed by atoms with Gasteiger partial charge in [0.15, 0.2) is 0 Å². The summed E-state index contributed by atoms with van der Waals surface area (Å²) in [7, 11) is -3.74. The molecule has 0 unspecified atom stereocenters. The lowest BCUT2D eigenvalue weighted by molar-refractivity contribution is -0.148. The molecule has 1 aliphatic rings. The Morgan fingerprint density at radius 2 is 1.77 bits per heavy atom. The van der Waals surface area contributed by atoms with Crippen LogP contribution in [0.15, 0.2) is 29.2 Å². The summed E-state index contributed by atoms with van der Waals surface area (Å²) in [4.78, 5) is 25.1. The Kier molecular flexibility index (Phi) is 5.11. The number of benzene rings is 1. The summed E-state index contributed by atoms with van der Waals surface area (Å²) in [5, 5.41) is 7.50. The van der Waals surface area contributed by atoms with Crippen molar-refractivity contribution in [3.05, 3.63) is 29.8 Å². The van der Waals surface area contributed by atoms with Crippen LogP contribution in [-0.2, 0) is 30.9 Å². The number of nitrogens with zero attached hydrogens (tertiary/aromatic N) is 1. The van der Waals surface area contributed by atoms with E-state index in [2.05, 4.69) is 5.32 Å². The summed E-state index contributed by atoms with van der Waals surface area (Å²) in [6.45, 7) is 1.77. The van der Waals surface area contributed by atoms with Gasteiger partial charge >= 0.3 is 11.8 Å². The van der Waals surface area contributed by atoms with Gasteiger partial charge in [0.05, 0.1) is 18.1 Å². The van der Waals surface area contributed by atoms with Crippen LogP contribution in [0.2, 0.25) is 0 Å². The van der Waals surface area contributed by atoms with E-state index in [-0.39, 0.29) is 11.4 Å². The summed E-state index contributed by atoms with van der Waals surface area (Å²) in [5.41, 5.74) is 0.663. The second-order valence-electron chi connectivity index (χ2n) is 4.78. The van der Waals surface area contributed by atoms with Gasteiger partial charge in [-0.05, 0) is 17.7 Å². The molecule has 2 amide bonds. The minimum absolute atomic E-state index is 0.00744. The Labute approximate surface area is 128 Å². The highest BCUT2D eigenvalue weighted by Gasteiger charge is 2.23. The lowest BCUT2D eigenvalue weighted by Gasteiger charge is -2.26. The zero-order valence-electron chi connectivity index (χ0n) is 11.8. The van der Waals surface area contributed by atoms with Crippen LogP contribution in [0.3, 0.4) is 0 Å². The third-order valence-electron chi connectivity index (χ3n) is 3.20. The van der Waals surface area contributed by atoms with E-state index in [0.717, 1.165) is 0 Å². The second kappa shape index (κ2) is 6.86. The molecule has 1 saturated heterocycles. The van der Waals surface area contributed by atoms with Gasteiger partial charge in [0.25, 0.3) is 0 Å². The number of carbonyl (C=O) groups is 2. The number of ether oxygens (including phenoxy) is 1. The molecule has 1 heterocycles. The minimum atomic E-state index is -3.74. The second-order valence-corrected chi connectivity index (χ2v) is 6.34. The van der Waals surface area contributed by atoms with E-state index in [9.17, 15) is 18.0 Å². The summed E-state index contributed by atoms with van der Waals surface area (Å²) < 4.78 is 27.4. The van der Waals surface area contributed by atoms with Crippen molar-refractivity contribution in [1.82, 2.24) is 10.2 Å². The van der Waals surface area contributed by atoms with Crippen LogP contribution in [0.1, 0.15) is 5.56 Å². The number of hydrogen-bond acceptors (Lipinski definition) is 5. The van der Waals surface area contributed by atoms with Crippen molar-refractivity contribution in [3.63, 3.8) is 0 Å². The first-order valence-electron chi connectivity index (χ1n) is 6.64.